The predicted octanol–water partition coefficient (Wildman–Crippen LogP) is 3.45. The number of carbonyl (C=O) groups excluding carboxylic acids is 1. The molecule has 0 saturated carbocycles. The molecule has 0 fully saturated rings. The quantitative estimate of drug-likeness (QED) is 0.578. The fourth-order valence-corrected chi connectivity index (χ4v) is 2.81. The van der Waals surface area contributed by atoms with Gasteiger partial charge in [0.1, 0.15) is 17.1 Å². The number of fused-ring (bicyclic) bond motifs is 1. The maximum absolute atomic E-state index is 12.4. The summed E-state index contributed by atoms with van der Waals surface area (Å²) in [7, 11) is 0. The molecule has 0 bridgehead atoms. The maximum atomic E-state index is 12.4. The molecule has 3 rings (SSSR count). The topological polar surface area (TPSA) is 67.5 Å². The van der Waals surface area contributed by atoms with Gasteiger partial charge in [-0.15, -0.1) is 0 Å². The monoisotopic (exact) mass is 350 g/mol. The molecule has 1 N–H and O–H groups in total. The molecule has 120 valence electrons. The molecule has 4 nitrogen and oxygen atoms in total. The molecule has 0 saturated heterocycles. The first kappa shape index (κ1) is 18.7. The third-order valence-corrected chi connectivity index (χ3v) is 3.86. The van der Waals surface area contributed by atoms with Crippen molar-refractivity contribution in [2.75, 3.05) is 0 Å². The molecule has 24 heavy (non-hydrogen) atoms. The van der Waals surface area contributed by atoms with Gasteiger partial charge < -0.3 is 12.4 Å². The van der Waals surface area contributed by atoms with Crippen molar-refractivity contribution in [3.63, 3.8) is 0 Å². The van der Waals surface area contributed by atoms with E-state index in [1.165, 1.54) is 6.92 Å². The Morgan fingerprint density at radius 1 is 1.12 bits per heavy atom. The largest absolute Gasteiger partial charge is 2.00 e. The number of benzene rings is 2. The summed E-state index contributed by atoms with van der Waals surface area (Å²) in [6, 6.07) is 16.0. The van der Waals surface area contributed by atoms with Crippen molar-refractivity contribution < 1.29 is 17.2 Å². The summed E-state index contributed by atoms with van der Waals surface area (Å²) in [4.78, 5) is 24.1. The second-order valence-electron chi connectivity index (χ2n) is 5.52. The van der Waals surface area contributed by atoms with Gasteiger partial charge in [-0.3, -0.25) is 4.79 Å². The van der Waals surface area contributed by atoms with Gasteiger partial charge in [0.05, 0.1) is 10.9 Å². The first-order valence-electron chi connectivity index (χ1n) is 7.37. The van der Waals surface area contributed by atoms with E-state index in [4.69, 9.17) is 4.42 Å². The van der Waals surface area contributed by atoms with E-state index < -0.39 is 11.5 Å². The smallest absolute Gasteiger partial charge is 1.00 e. The van der Waals surface area contributed by atoms with Crippen LogP contribution in [-0.2, 0) is 4.79 Å². The molecule has 0 radical (unpaired) electrons. The van der Waals surface area contributed by atoms with E-state index in [2.05, 4.69) is 0 Å². The molecule has 0 amide bonds. The number of ketones is 1. The number of carbonyl (C=O) groups is 1. The zero-order chi connectivity index (χ0) is 16.4. The normalized spacial score (nSPS) is 11.7. The summed E-state index contributed by atoms with van der Waals surface area (Å²) in [5.74, 6) is -0.715. The van der Waals surface area contributed by atoms with E-state index in [0.717, 1.165) is 5.56 Å². The molecule has 0 aliphatic carbocycles. The minimum Gasteiger partial charge on any atom is -1.00 e. The van der Waals surface area contributed by atoms with Crippen LogP contribution < -0.4 is 5.63 Å². The Morgan fingerprint density at radius 2 is 1.75 bits per heavy atom. The number of para-hydroxylation sites is 1. The van der Waals surface area contributed by atoms with Crippen LogP contribution in [0.3, 0.4) is 0 Å². The van der Waals surface area contributed by atoms with Gasteiger partial charge in [-0.1, -0.05) is 42.5 Å². The van der Waals surface area contributed by atoms with Gasteiger partial charge in [-0.25, -0.2) is 4.79 Å². The molecule has 1 atom stereocenters. The van der Waals surface area contributed by atoms with E-state index in [0.29, 0.717) is 11.0 Å². The molecular formula is C19H18CaO4. The van der Waals surface area contributed by atoms with Gasteiger partial charge in [0.15, 0.2) is 0 Å². The predicted molar refractivity (Wildman–Crippen MR) is 95.7 cm³/mol. The zero-order valence-corrected chi connectivity index (χ0v) is 15.6. The van der Waals surface area contributed by atoms with Crippen molar-refractivity contribution in [3.05, 3.63) is 76.1 Å². The minimum atomic E-state index is -0.615. The fraction of sp³-hybridized carbons (Fsp3) is 0.158. The van der Waals surface area contributed by atoms with Crippen molar-refractivity contribution in [3.8, 4) is 5.75 Å². The van der Waals surface area contributed by atoms with Crippen LogP contribution in [-0.4, -0.2) is 48.6 Å². The van der Waals surface area contributed by atoms with Gasteiger partial charge in [-0.05, 0) is 24.6 Å². The Labute approximate surface area is 172 Å². The van der Waals surface area contributed by atoms with Crippen molar-refractivity contribution in [1.29, 1.82) is 0 Å². The van der Waals surface area contributed by atoms with E-state index >= 15 is 0 Å². The summed E-state index contributed by atoms with van der Waals surface area (Å²) < 4.78 is 5.33. The number of rotatable bonds is 4. The molecule has 0 aliphatic heterocycles. The first-order valence-corrected chi connectivity index (χ1v) is 7.37. The van der Waals surface area contributed by atoms with Gasteiger partial charge in [0, 0.05) is 12.3 Å². The summed E-state index contributed by atoms with van der Waals surface area (Å²) in [6.07, 6.45) is 0.126. The van der Waals surface area contributed by atoms with Crippen LogP contribution in [0.5, 0.6) is 5.75 Å². The second-order valence-corrected chi connectivity index (χ2v) is 5.52. The standard InChI is InChI=1S/C19H16O4.Ca.2H/c1-12(20)11-15(13-7-3-2-4-8-13)17-18(21)14-9-5-6-10-16(14)23-19(17)22;;;/h2-10,15,21H,11H2,1H3;;;/q;+2;2*-1. The molecule has 3 aromatic rings. The van der Waals surface area contributed by atoms with E-state index in [-0.39, 0.29) is 64.1 Å². The number of hydrogen-bond donors (Lipinski definition) is 1. The summed E-state index contributed by atoms with van der Waals surface area (Å²) >= 11 is 0. The SMILES string of the molecule is CC(=O)CC(c1ccccc1)c1c(O)c2ccccc2oc1=O.[Ca+2].[H-].[H-]. The number of Topliss-reactive ketones (excluding diaryl/α,β-unsaturated/α-hetero) is 1. The third-order valence-electron chi connectivity index (χ3n) is 3.86. The second kappa shape index (κ2) is 7.97. The molecule has 0 aliphatic rings. The van der Waals surface area contributed by atoms with Crippen molar-refractivity contribution in [1.82, 2.24) is 0 Å². The van der Waals surface area contributed by atoms with Gasteiger partial charge in [0.2, 0.25) is 0 Å². The third kappa shape index (κ3) is 3.72. The summed E-state index contributed by atoms with van der Waals surface area (Å²) in [6.45, 7) is 1.47. The van der Waals surface area contributed by atoms with Crippen LogP contribution in [0.1, 0.15) is 33.2 Å². The summed E-state index contributed by atoms with van der Waals surface area (Å²) in [5, 5.41) is 11.1. The Balaban J connectivity index is 0.00000208. The molecule has 2 aromatic carbocycles. The molecule has 5 heteroatoms. The Hall–Kier alpha value is -1.62. The molecular weight excluding hydrogens is 332 g/mol. The zero-order valence-electron chi connectivity index (χ0n) is 15.4. The fourth-order valence-electron chi connectivity index (χ4n) is 2.81. The van der Waals surface area contributed by atoms with Gasteiger partial charge >= 0.3 is 43.4 Å². The molecule has 0 spiro atoms. The molecule has 1 aromatic heterocycles. The van der Waals surface area contributed by atoms with Crippen LogP contribution in [0.2, 0.25) is 0 Å². The van der Waals surface area contributed by atoms with E-state index in [1.54, 1.807) is 24.3 Å². The number of aromatic hydroxyl groups is 1. The van der Waals surface area contributed by atoms with Crippen molar-refractivity contribution in [2.45, 2.75) is 19.3 Å². The number of hydrogen-bond acceptors (Lipinski definition) is 4. The maximum Gasteiger partial charge on any atom is 2.00 e. The van der Waals surface area contributed by atoms with Crippen LogP contribution in [0.25, 0.3) is 11.0 Å². The average molecular weight is 350 g/mol. The Bertz CT molecular complexity index is 926. The Kier molecular flexibility index (Phi) is 6.21. The first-order chi connectivity index (χ1) is 11.1. The molecule has 1 heterocycles. The van der Waals surface area contributed by atoms with Crippen LogP contribution >= 0.6 is 0 Å². The van der Waals surface area contributed by atoms with E-state index in [9.17, 15) is 14.7 Å². The van der Waals surface area contributed by atoms with Gasteiger partial charge in [0.25, 0.3) is 0 Å². The Morgan fingerprint density at radius 3 is 2.42 bits per heavy atom. The van der Waals surface area contributed by atoms with Gasteiger partial charge in [-0.2, -0.15) is 0 Å². The average Bonchev–Trinajstić information content (AvgIpc) is 2.54. The van der Waals surface area contributed by atoms with E-state index in [1.807, 2.05) is 30.3 Å². The molecule has 1 unspecified atom stereocenters. The summed E-state index contributed by atoms with van der Waals surface area (Å²) in [5.41, 5.74) is 0.635. The van der Waals surface area contributed by atoms with Crippen molar-refractivity contribution in [2.24, 2.45) is 0 Å². The van der Waals surface area contributed by atoms with Crippen LogP contribution in [0.15, 0.2) is 63.8 Å². The minimum absolute atomic E-state index is 0. The van der Waals surface area contributed by atoms with Crippen molar-refractivity contribution >= 4 is 54.5 Å². The van der Waals surface area contributed by atoms with Crippen LogP contribution in [0, 0.1) is 0 Å². The van der Waals surface area contributed by atoms with Crippen LogP contribution in [0.4, 0.5) is 0 Å².